The summed E-state index contributed by atoms with van der Waals surface area (Å²) in [5.74, 6) is 0.277. The van der Waals surface area contributed by atoms with Crippen LogP contribution in [0.25, 0.3) is 0 Å². The van der Waals surface area contributed by atoms with Crippen LogP contribution in [0.1, 0.15) is 58.6 Å². The molecule has 2 rings (SSSR count). The molecule has 1 fully saturated rings. The Hall–Kier alpha value is -1.88. The molecule has 0 bridgehead atoms. The van der Waals surface area contributed by atoms with E-state index < -0.39 is 0 Å². The molecule has 0 saturated carbocycles. The molecule has 1 aliphatic rings. The second-order valence-electron chi connectivity index (χ2n) is 9.31. The van der Waals surface area contributed by atoms with Crippen LogP contribution >= 0.6 is 0 Å². The van der Waals surface area contributed by atoms with Crippen molar-refractivity contribution in [3.63, 3.8) is 0 Å². The summed E-state index contributed by atoms with van der Waals surface area (Å²) in [6.07, 6.45) is 1.48. The zero-order valence-corrected chi connectivity index (χ0v) is 18.4. The van der Waals surface area contributed by atoms with Gasteiger partial charge in [-0.15, -0.1) is 0 Å². The van der Waals surface area contributed by atoms with E-state index >= 15 is 0 Å². The Labute approximate surface area is 170 Å². The van der Waals surface area contributed by atoms with Gasteiger partial charge in [0.1, 0.15) is 0 Å². The molecule has 1 aromatic carbocycles. The molecule has 0 aromatic heterocycles. The molecule has 1 heterocycles. The summed E-state index contributed by atoms with van der Waals surface area (Å²) in [7, 11) is 2.12. The second-order valence-corrected chi connectivity index (χ2v) is 9.31. The number of likely N-dealkylation sites (tertiary alicyclic amines) is 1. The number of carbonyl (C=O) groups excluding carboxylic acids is 2. The van der Waals surface area contributed by atoms with Crippen LogP contribution in [0.5, 0.6) is 0 Å². The number of amides is 2. The first-order valence-electron chi connectivity index (χ1n) is 10.4. The minimum atomic E-state index is -0.359. The number of hydrogen-bond acceptors (Lipinski definition) is 3. The zero-order chi connectivity index (χ0) is 20.9. The molecule has 2 amide bonds. The lowest BCUT2D eigenvalue weighted by Crippen LogP contribution is -2.46. The number of rotatable bonds is 6. The molecule has 0 atom stereocenters. The van der Waals surface area contributed by atoms with E-state index in [-0.39, 0.29) is 23.1 Å². The van der Waals surface area contributed by atoms with E-state index in [4.69, 9.17) is 0 Å². The second kappa shape index (κ2) is 9.55. The molecular weight excluding hydrogens is 350 g/mol. The van der Waals surface area contributed by atoms with Crippen LogP contribution in [0.3, 0.4) is 0 Å². The maximum atomic E-state index is 12.7. The van der Waals surface area contributed by atoms with Gasteiger partial charge in [-0.1, -0.05) is 45.0 Å². The molecule has 1 aliphatic heterocycles. The van der Waals surface area contributed by atoms with Crippen molar-refractivity contribution in [1.29, 1.82) is 0 Å². The lowest BCUT2D eigenvalue weighted by atomic mass is 9.90. The summed E-state index contributed by atoms with van der Waals surface area (Å²) in [5, 5.41) is 3.12. The van der Waals surface area contributed by atoms with Crippen molar-refractivity contribution in [1.82, 2.24) is 15.1 Å². The van der Waals surface area contributed by atoms with Crippen LogP contribution in [-0.2, 0) is 22.7 Å². The normalized spacial score (nSPS) is 15.9. The third kappa shape index (κ3) is 6.06. The van der Waals surface area contributed by atoms with E-state index in [1.54, 1.807) is 0 Å². The van der Waals surface area contributed by atoms with E-state index in [1.807, 2.05) is 31.7 Å². The van der Waals surface area contributed by atoms with Gasteiger partial charge in [-0.05, 0) is 44.9 Å². The average molecular weight is 388 g/mol. The highest BCUT2D eigenvalue weighted by atomic mass is 16.2. The van der Waals surface area contributed by atoms with E-state index in [2.05, 4.69) is 49.3 Å². The number of nitrogens with zero attached hydrogens (tertiary/aromatic N) is 2. The Kier molecular flexibility index (Phi) is 7.64. The lowest BCUT2D eigenvalue weighted by Gasteiger charge is -2.35. The fraction of sp³-hybridized carbons (Fsp3) is 0.652. The number of hydrogen-bond donors (Lipinski definition) is 1. The van der Waals surface area contributed by atoms with E-state index in [9.17, 15) is 9.59 Å². The molecule has 28 heavy (non-hydrogen) atoms. The highest BCUT2D eigenvalue weighted by molar-refractivity contribution is 5.82. The minimum Gasteiger partial charge on any atom is -0.352 e. The van der Waals surface area contributed by atoms with E-state index in [0.717, 1.165) is 19.4 Å². The van der Waals surface area contributed by atoms with Gasteiger partial charge in [0.2, 0.25) is 11.8 Å². The highest BCUT2D eigenvalue weighted by Crippen LogP contribution is 2.24. The van der Waals surface area contributed by atoms with Gasteiger partial charge in [-0.2, -0.15) is 0 Å². The third-order valence-corrected chi connectivity index (χ3v) is 5.67. The SMILES string of the molecule is CC(C)N(C)Cc1ccccc1CNC(=O)C1CCN(C(=O)C(C)(C)C)CC1. The Bertz CT molecular complexity index is 671. The van der Waals surface area contributed by atoms with Crippen molar-refractivity contribution in [2.45, 2.75) is 66.6 Å². The van der Waals surface area contributed by atoms with Crippen LogP contribution in [0.4, 0.5) is 0 Å². The van der Waals surface area contributed by atoms with Crippen molar-refractivity contribution in [2.75, 3.05) is 20.1 Å². The summed E-state index contributed by atoms with van der Waals surface area (Å²) in [6, 6.07) is 8.78. The van der Waals surface area contributed by atoms with E-state index in [1.165, 1.54) is 11.1 Å². The summed E-state index contributed by atoms with van der Waals surface area (Å²) in [5.41, 5.74) is 2.07. The van der Waals surface area contributed by atoms with E-state index in [0.29, 0.717) is 25.7 Å². The van der Waals surface area contributed by atoms with Gasteiger partial charge >= 0.3 is 0 Å². The maximum absolute atomic E-state index is 12.7. The van der Waals surface area contributed by atoms with Crippen molar-refractivity contribution >= 4 is 11.8 Å². The molecule has 0 radical (unpaired) electrons. The Morgan fingerprint density at radius 2 is 1.71 bits per heavy atom. The topological polar surface area (TPSA) is 52.7 Å². The predicted octanol–water partition coefficient (Wildman–Crippen LogP) is 3.43. The van der Waals surface area contributed by atoms with Gasteiger partial charge in [0.05, 0.1) is 0 Å². The van der Waals surface area contributed by atoms with Crippen LogP contribution in [-0.4, -0.2) is 47.8 Å². The summed E-state index contributed by atoms with van der Waals surface area (Å²) >= 11 is 0. The van der Waals surface area contributed by atoms with Crippen LogP contribution in [0.2, 0.25) is 0 Å². The van der Waals surface area contributed by atoms with Gasteiger partial charge in [0, 0.05) is 43.6 Å². The quantitative estimate of drug-likeness (QED) is 0.814. The fourth-order valence-corrected chi connectivity index (χ4v) is 3.48. The molecule has 0 aliphatic carbocycles. The van der Waals surface area contributed by atoms with Gasteiger partial charge in [-0.25, -0.2) is 0 Å². The maximum Gasteiger partial charge on any atom is 0.227 e. The number of piperidine rings is 1. The summed E-state index contributed by atoms with van der Waals surface area (Å²) < 4.78 is 0. The molecule has 156 valence electrons. The minimum absolute atomic E-state index is 0.00508. The first kappa shape index (κ1) is 22.4. The van der Waals surface area contributed by atoms with Gasteiger partial charge in [-0.3, -0.25) is 14.5 Å². The van der Waals surface area contributed by atoms with Gasteiger partial charge in [0.25, 0.3) is 0 Å². The Morgan fingerprint density at radius 1 is 1.14 bits per heavy atom. The summed E-state index contributed by atoms with van der Waals surface area (Å²) in [4.78, 5) is 29.3. The molecule has 1 aromatic rings. The van der Waals surface area contributed by atoms with Crippen molar-refractivity contribution in [3.05, 3.63) is 35.4 Å². The van der Waals surface area contributed by atoms with Crippen LogP contribution in [0, 0.1) is 11.3 Å². The molecule has 1 saturated heterocycles. The number of benzene rings is 1. The molecule has 0 unspecified atom stereocenters. The highest BCUT2D eigenvalue weighted by Gasteiger charge is 2.32. The van der Waals surface area contributed by atoms with Crippen molar-refractivity contribution in [3.8, 4) is 0 Å². The molecule has 1 N–H and O–H groups in total. The van der Waals surface area contributed by atoms with Gasteiger partial charge < -0.3 is 10.2 Å². The van der Waals surface area contributed by atoms with Crippen LogP contribution < -0.4 is 5.32 Å². The number of carbonyl (C=O) groups is 2. The average Bonchev–Trinajstić information content (AvgIpc) is 2.65. The smallest absolute Gasteiger partial charge is 0.227 e. The monoisotopic (exact) mass is 387 g/mol. The molecular formula is C23H37N3O2. The van der Waals surface area contributed by atoms with Gasteiger partial charge in [0.15, 0.2) is 0 Å². The zero-order valence-electron chi connectivity index (χ0n) is 18.4. The lowest BCUT2D eigenvalue weighted by molar-refractivity contribution is -0.142. The van der Waals surface area contributed by atoms with Crippen molar-refractivity contribution < 1.29 is 9.59 Å². The third-order valence-electron chi connectivity index (χ3n) is 5.67. The largest absolute Gasteiger partial charge is 0.352 e. The number of nitrogens with one attached hydrogen (secondary N) is 1. The fourth-order valence-electron chi connectivity index (χ4n) is 3.48. The summed E-state index contributed by atoms with van der Waals surface area (Å²) in [6.45, 7) is 13.0. The Balaban J connectivity index is 1.88. The first-order chi connectivity index (χ1) is 13.1. The molecule has 5 nitrogen and oxygen atoms in total. The van der Waals surface area contributed by atoms with Crippen LogP contribution in [0.15, 0.2) is 24.3 Å². The molecule has 0 spiro atoms. The first-order valence-corrected chi connectivity index (χ1v) is 10.4. The standard InChI is InChI=1S/C23H37N3O2/c1-17(2)25(6)16-20-10-8-7-9-19(20)15-24-21(27)18-11-13-26(14-12-18)22(28)23(3,4)5/h7-10,17-18H,11-16H2,1-6H3,(H,24,27). The van der Waals surface area contributed by atoms with Crippen molar-refractivity contribution in [2.24, 2.45) is 11.3 Å². The predicted molar refractivity (Wildman–Crippen MR) is 114 cm³/mol. The molecule has 5 heteroatoms. The Morgan fingerprint density at radius 3 is 2.25 bits per heavy atom.